The van der Waals surface area contributed by atoms with E-state index in [0.717, 1.165) is 15.8 Å². The van der Waals surface area contributed by atoms with Crippen molar-refractivity contribution in [1.29, 1.82) is 0 Å². The Balaban J connectivity index is 1.80. The van der Waals surface area contributed by atoms with Gasteiger partial charge in [0, 0.05) is 10.0 Å². The molecule has 0 amide bonds. The summed E-state index contributed by atoms with van der Waals surface area (Å²) in [5.41, 5.74) is 1.57. The maximum atomic E-state index is 12.6. The highest BCUT2D eigenvalue weighted by molar-refractivity contribution is 9.10. The van der Waals surface area contributed by atoms with Crippen molar-refractivity contribution in [2.24, 2.45) is 0 Å². The van der Waals surface area contributed by atoms with E-state index in [2.05, 4.69) is 15.9 Å². The molecule has 0 unspecified atom stereocenters. The summed E-state index contributed by atoms with van der Waals surface area (Å²) in [5, 5.41) is 0. The van der Waals surface area contributed by atoms with E-state index >= 15 is 0 Å². The second-order valence-corrected chi connectivity index (χ2v) is 5.63. The molecule has 2 aliphatic rings. The number of hydrogen-bond acceptors (Lipinski definition) is 3. The van der Waals surface area contributed by atoms with Crippen LogP contribution in [0.3, 0.4) is 0 Å². The second-order valence-electron chi connectivity index (χ2n) is 4.71. The van der Waals surface area contributed by atoms with Crippen molar-refractivity contribution in [1.82, 2.24) is 0 Å². The Morgan fingerprint density at radius 1 is 1.05 bits per heavy atom. The highest BCUT2D eigenvalue weighted by atomic mass is 79.9. The van der Waals surface area contributed by atoms with Gasteiger partial charge in [0.15, 0.2) is 0 Å². The third-order valence-electron chi connectivity index (χ3n) is 3.48. The summed E-state index contributed by atoms with van der Waals surface area (Å²) in [6.45, 7) is 0. The fourth-order valence-corrected chi connectivity index (χ4v) is 2.96. The number of para-hydroxylation sites is 1. The van der Waals surface area contributed by atoms with Crippen molar-refractivity contribution in [2.45, 2.75) is 12.2 Å². The summed E-state index contributed by atoms with van der Waals surface area (Å²) >= 11 is 3.37. The van der Waals surface area contributed by atoms with Crippen LogP contribution in [0.5, 0.6) is 11.5 Å². The lowest BCUT2D eigenvalue weighted by Gasteiger charge is -2.20. The molecule has 2 aliphatic heterocycles. The number of fused-ring (bicyclic) bond motifs is 2. The molecule has 0 N–H and O–H groups in total. The van der Waals surface area contributed by atoms with E-state index in [1.165, 1.54) is 0 Å². The molecule has 0 saturated carbocycles. The maximum absolute atomic E-state index is 12.6. The lowest BCUT2D eigenvalue weighted by Crippen LogP contribution is -2.44. The molecule has 0 fully saturated rings. The molecule has 94 valence electrons. The average molecular weight is 317 g/mol. The predicted molar refractivity (Wildman–Crippen MR) is 72.6 cm³/mol. The molecule has 19 heavy (non-hydrogen) atoms. The van der Waals surface area contributed by atoms with Gasteiger partial charge in [0.1, 0.15) is 11.5 Å². The van der Waals surface area contributed by atoms with E-state index in [1.807, 2.05) is 30.3 Å². The third kappa shape index (κ3) is 1.46. The van der Waals surface area contributed by atoms with Gasteiger partial charge in [-0.25, -0.2) is 0 Å². The first-order chi connectivity index (χ1) is 9.18. The minimum absolute atomic E-state index is 0.111. The normalized spacial score (nSPS) is 22.9. The molecule has 4 heteroatoms. The van der Waals surface area contributed by atoms with Crippen LogP contribution in [0.2, 0.25) is 0 Å². The van der Waals surface area contributed by atoms with Crippen molar-refractivity contribution in [3.8, 4) is 11.5 Å². The third-order valence-corrected chi connectivity index (χ3v) is 3.97. The van der Waals surface area contributed by atoms with E-state index in [4.69, 9.17) is 9.47 Å². The van der Waals surface area contributed by atoms with Crippen molar-refractivity contribution in [3.05, 3.63) is 58.1 Å². The van der Waals surface area contributed by atoms with E-state index in [1.54, 1.807) is 12.1 Å². The quantitative estimate of drug-likeness (QED) is 0.747. The van der Waals surface area contributed by atoms with Gasteiger partial charge in [-0.05, 0) is 24.3 Å². The van der Waals surface area contributed by atoms with Gasteiger partial charge in [0.25, 0.3) is 5.78 Å². The number of carbonyl (C=O) groups is 1. The number of ether oxygens (including phenoxy) is 2. The van der Waals surface area contributed by atoms with Crippen LogP contribution in [-0.2, 0) is 6.42 Å². The van der Waals surface area contributed by atoms with Gasteiger partial charge < -0.3 is 9.47 Å². The standard InChI is InChI=1S/C15H9BrO3/c16-10-5-6-13-11(7-10)14(17)15(19-13)8-9-3-1-2-4-12(9)18-15/h1-7H,8H2/t15-/m0/s1. The van der Waals surface area contributed by atoms with E-state index in [9.17, 15) is 4.79 Å². The summed E-state index contributed by atoms with van der Waals surface area (Å²) in [6.07, 6.45) is 0.453. The first-order valence-electron chi connectivity index (χ1n) is 5.98. The zero-order chi connectivity index (χ0) is 13.0. The van der Waals surface area contributed by atoms with Crippen LogP contribution < -0.4 is 9.47 Å². The van der Waals surface area contributed by atoms with Crippen molar-refractivity contribution >= 4 is 21.7 Å². The first-order valence-corrected chi connectivity index (χ1v) is 6.78. The highest BCUT2D eigenvalue weighted by Gasteiger charge is 2.54. The maximum Gasteiger partial charge on any atom is 0.320 e. The van der Waals surface area contributed by atoms with Crippen LogP contribution in [-0.4, -0.2) is 11.6 Å². The summed E-state index contributed by atoms with van der Waals surface area (Å²) < 4.78 is 12.5. The summed E-state index contributed by atoms with van der Waals surface area (Å²) in [4.78, 5) is 12.6. The Hall–Kier alpha value is -1.81. The predicted octanol–water partition coefficient (Wildman–Crippen LogP) is 3.36. The molecular formula is C15H9BrO3. The minimum atomic E-state index is -1.20. The Bertz CT molecular complexity index is 683. The average Bonchev–Trinajstić information content (AvgIpc) is 2.90. The van der Waals surface area contributed by atoms with Crippen molar-refractivity contribution in [3.63, 3.8) is 0 Å². The topological polar surface area (TPSA) is 35.5 Å². The molecule has 0 bridgehead atoms. The molecule has 0 saturated heterocycles. The molecular weight excluding hydrogens is 308 g/mol. The van der Waals surface area contributed by atoms with Crippen LogP contribution in [0.25, 0.3) is 0 Å². The van der Waals surface area contributed by atoms with E-state index < -0.39 is 5.79 Å². The number of hydrogen-bond donors (Lipinski definition) is 0. The lowest BCUT2D eigenvalue weighted by molar-refractivity contribution is -0.0531. The van der Waals surface area contributed by atoms with Gasteiger partial charge >= 0.3 is 5.79 Å². The Labute approximate surface area is 118 Å². The Kier molecular flexibility index (Phi) is 2.10. The van der Waals surface area contributed by atoms with Gasteiger partial charge in [-0.15, -0.1) is 0 Å². The van der Waals surface area contributed by atoms with Gasteiger partial charge in [0.2, 0.25) is 0 Å². The van der Waals surface area contributed by atoms with Crippen LogP contribution >= 0.6 is 15.9 Å². The smallest absolute Gasteiger partial charge is 0.320 e. The van der Waals surface area contributed by atoms with Crippen LogP contribution in [0.1, 0.15) is 15.9 Å². The zero-order valence-electron chi connectivity index (χ0n) is 9.85. The molecule has 4 rings (SSSR count). The molecule has 0 aliphatic carbocycles. The molecule has 0 aromatic heterocycles. The molecule has 2 aromatic rings. The number of halogens is 1. The van der Waals surface area contributed by atoms with Gasteiger partial charge in [-0.2, -0.15) is 0 Å². The molecule has 0 radical (unpaired) electrons. The number of ketones is 1. The zero-order valence-corrected chi connectivity index (χ0v) is 11.4. The SMILES string of the molecule is O=C1c2cc(Br)ccc2O[C@@]12Cc1ccccc1O2. The number of benzene rings is 2. The first kappa shape index (κ1) is 11.1. The Morgan fingerprint density at radius 2 is 1.84 bits per heavy atom. The molecule has 2 heterocycles. The fraction of sp³-hybridized carbons (Fsp3) is 0.133. The molecule has 1 atom stereocenters. The van der Waals surface area contributed by atoms with Crippen molar-refractivity contribution in [2.75, 3.05) is 0 Å². The second kappa shape index (κ2) is 3.61. The van der Waals surface area contributed by atoms with E-state index in [0.29, 0.717) is 17.7 Å². The summed E-state index contributed by atoms with van der Waals surface area (Å²) in [6, 6.07) is 13.1. The fourth-order valence-electron chi connectivity index (χ4n) is 2.60. The number of carbonyl (C=O) groups excluding carboxylic acids is 1. The highest BCUT2D eigenvalue weighted by Crippen LogP contribution is 2.44. The van der Waals surface area contributed by atoms with E-state index in [-0.39, 0.29) is 5.78 Å². The monoisotopic (exact) mass is 316 g/mol. The lowest BCUT2D eigenvalue weighted by atomic mass is 10.0. The molecule has 3 nitrogen and oxygen atoms in total. The summed E-state index contributed by atoms with van der Waals surface area (Å²) in [7, 11) is 0. The van der Waals surface area contributed by atoms with Crippen molar-refractivity contribution < 1.29 is 14.3 Å². The minimum Gasteiger partial charge on any atom is -0.445 e. The molecule has 1 spiro atoms. The van der Waals surface area contributed by atoms with Gasteiger partial charge in [-0.1, -0.05) is 34.1 Å². The van der Waals surface area contributed by atoms with Crippen LogP contribution in [0, 0.1) is 0 Å². The summed E-state index contributed by atoms with van der Waals surface area (Å²) in [5.74, 6) is -0.00368. The number of Topliss-reactive ketones (excluding diaryl/α,β-unsaturated/α-hetero) is 1. The number of rotatable bonds is 0. The van der Waals surface area contributed by atoms with Crippen LogP contribution in [0.4, 0.5) is 0 Å². The Morgan fingerprint density at radius 3 is 2.68 bits per heavy atom. The van der Waals surface area contributed by atoms with Crippen LogP contribution in [0.15, 0.2) is 46.9 Å². The van der Waals surface area contributed by atoms with Gasteiger partial charge in [0.05, 0.1) is 12.0 Å². The van der Waals surface area contributed by atoms with Gasteiger partial charge in [-0.3, -0.25) is 4.79 Å². The largest absolute Gasteiger partial charge is 0.445 e. The molecule has 2 aromatic carbocycles.